The molecule has 1 heterocycles. The Bertz CT molecular complexity index is 833. The molecule has 0 aliphatic carbocycles. The molecule has 3 nitrogen and oxygen atoms in total. The van der Waals surface area contributed by atoms with Gasteiger partial charge < -0.3 is 4.42 Å². The molecule has 3 aromatic rings. The molecule has 0 saturated heterocycles. The van der Waals surface area contributed by atoms with E-state index >= 15 is 0 Å². The average Bonchev–Trinajstić information content (AvgIpc) is 2.39. The lowest BCUT2D eigenvalue weighted by Gasteiger charge is -2.04. The smallest absolute Gasteiger partial charge is 0.202 e. The molecule has 0 aliphatic heterocycles. The lowest BCUT2D eigenvalue weighted by molar-refractivity contribution is 0.112. The summed E-state index contributed by atoms with van der Waals surface area (Å²) in [6.45, 7) is 0. The summed E-state index contributed by atoms with van der Waals surface area (Å²) in [6.07, 6.45) is 0.621. The highest BCUT2D eigenvalue weighted by Gasteiger charge is 2.12. The van der Waals surface area contributed by atoms with Gasteiger partial charge in [0.1, 0.15) is 11.2 Å². The molecular formula is C14H7ClO3. The van der Waals surface area contributed by atoms with E-state index in [4.69, 9.17) is 16.0 Å². The van der Waals surface area contributed by atoms with Gasteiger partial charge in [0, 0.05) is 5.56 Å². The first-order chi connectivity index (χ1) is 8.72. The summed E-state index contributed by atoms with van der Waals surface area (Å²) < 4.78 is 5.61. The highest BCUT2D eigenvalue weighted by atomic mass is 35.5. The molecule has 2 aromatic carbocycles. The number of carbonyl (C=O) groups excluding carboxylic acids is 1. The van der Waals surface area contributed by atoms with Crippen LogP contribution in [0.25, 0.3) is 21.9 Å². The third-order valence-corrected chi connectivity index (χ3v) is 3.25. The Labute approximate surface area is 107 Å². The number of hydrogen-bond donors (Lipinski definition) is 0. The van der Waals surface area contributed by atoms with Gasteiger partial charge in [0.05, 0.1) is 15.8 Å². The van der Waals surface area contributed by atoms with Crippen LogP contribution in [0.4, 0.5) is 0 Å². The summed E-state index contributed by atoms with van der Waals surface area (Å²) in [6, 6.07) is 10.1. The zero-order valence-electron chi connectivity index (χ0n) is 9.14. The van der Waals surface area contributed by atoms with Gasteiger partial charge in [-0.3, -0.25) is 9.59 Å². The Morgan fingerprint density at radius 1 is 1.06 bits per heavy atom. The minimum absolute atomic E-state index is 0.141. The SMILES string of the molecule is O=Cc1ccc2oc3ccccc3c(=O)c2c1Cl. The summed E-state index contributed by atoms with van der Waals surface area (Å²) in [5, 5.41) is 0.844. The van der Waals surface area contributed by atoms with Gasteiger partial charge in [-0.25, -0.2) is 0 Å². The van der Waals surface area contributed by atoms with Crippen LogP contribution in [0.2, 0.25) is 5.02 Å². The molecule has 0 N–H and O–H groups in total. The second kappa shape index (κ2) is 3.96. The summed E-state index contributed by atoms with van der Waals surface area (Å²) in [5.74, 6) is 0. The van der Waals surface area contributed by atoms with Crippen LogP contribution in [0, 0.1) is 0 Å². The number of fused-ring (bicyclic) bond motifs is 2. The Hall–Kier alpha value is -2.13. The molecule has 3 rings (SSSR count). The maximum Gasteiger partial charge on any atom is 0.202 e. The van der Waals surface area contributed by atoms with Crippen molar-refractivity contribution in [2.45, 2.75) is 0 Å². The molecule has 0 bridgehead atoms. The molecule has 0 aliphatic rings. The third-order valence-electron chi connectivity index (χ3n) is 2.84. The molecule has 0 fully saturated rings. The third kappa shape index (κ3) is 1.45. The van der Waals surface area contributed by atoms with Crippen molar-refractivity contribution in [1.82, 2.24) is 0 Å². The van der Waals surface area contributed by atoms with Crippen LogP contribution in [-0.4, -0.2) is 6.29 Å². The van der Waals surface area contributed by atoms with Crippen molar-refractivity contribution in [2.75, 3.05) is 0 Å². The van der Waals surface area contributed by atoms with Crippen molar-refractivity contribution in [2.24, 2.45) is 0 Å². The molecule has 0 amide bonds. The van der Waals surface area contributed by atoms with Gasteiger partial charge in [0.25, 0.3) is 0 Å². The van der Waals surface area contributed by atoms with Crippen LogP contribution >= 0.6 is 11.6 Å². The standard InChI is InChI=1S/C14H7ClO3/c15-13-8(7-16)5-6-11-12(13)14(17)9-3-1-2-4-10(9)18-11/h1-7H. The van der Waals surface area contributed by atoms with E-state index in [0.717, 1.165) is 0 Å². The average molecular weight is 259 g/mol. The van der Waals surface area contributed by atoms with E-state index in [0.29, 0.717) is 22.8 Å². The Morgan fingerprint density at radius 3 is 2.61 bits per heavy atom. The van der Waals surface area contributed by atoms with Crippen molar-refractivity contribution in [3.05, 3.63) is 57.2 Å². The minimum Gasteiger partial charge on any atom is -0.456 e. The van der Waals surface area contributed by atoms with Gasteiger partial charge >= 0.3 is 0 Å². The van der Waals surface area contributed by atoms with Crippen LogP contribution in [0.5, 0.6) is 0 Å². The Kier molecular flexibility index (Phi) is 2.42. The van der Waals surface area contributed by atoms with Gasteiger partial charge in [-0.05, 0) is 24.3 Å². The molecule has 18 heavy (non-hydrogen) atoms. The molecule has 4 heteroatoms. The van der Waals surface area contributed by atoms with Gasteiger partial charge in [-0.1, -0.05) is 23.7 Å². The molecule has 1 aromatic heterocycles. The molecule has 0 saturated carbocycles. The van der Waals surface area contributed by atoms with Crippen LogP contribution in [-0.2, 0) is 0 Å². The van der Waals surface area contributed by atoms with Crippen LogP contribution in [0.1, 0.15) is 10.4 Å². The molecule has 0 atom stereocenters. The fourth-order valence-electron chi connectivity index (χ4n) is 1.96. The number of halogens is 1. The highest BCUT2D eigenvalue weighted by Crippen LogP contribution is 2.26. The number of hydrogen-bond acceptors (Lipinski definition) is 3. The number of benzene rings is 2. The highest BCUT2D eigenvalue weighted by molar-refractivity contribution is 6.37. The van der Waals surface area contributed by atoms with Crippen LogP contribution < -0.4 is 5.43 Å². The topological polar surface area (TPSA) is 47.3 Å². The van der Waals surface area contributed by atoms with E-state index in [1.54, 1.807) is 30.3 Å². The number of para-hydroxylation sites is 1. The number of carbonyl (C=O) groups is 1. The second-order valence-corrected chi connectivity index (χ2v) is 4.27. The first-order valence-corrected chi connectivity index (χ1v) is 5.69. The summed E-state index contributed by atoms with van der Waals surface area (Å²) in [4.78, 5) is 23.1. The molecular weight excluding hydrogens is 252 g/mol. The largest absolute Gasteiger partial charge is 0.456 e. The van der Waals surface area contributed by atoms with E-state index in [1.807, 2.05) is 0 Å². The van der Waals surface area contributed by atoms with Gasteiger partial charge in [0.15, 0.2) is 6.29 Å². The van der Waals surface area contributed by atoms with Gasteiger partial charge in [-0.15, -0.1) is 0 Å². The quantitative estimate of drug-likeness (QED) is 0.496. The number of aldehydes is 1. The molecule has 0 radical (unpaired) electrons. The van der Waals surface area contributed by atoms with E-state index in [9.17, 15) is 9.59 Å². The zero-order chi connectivity index (χ0) is 12.7. The lowest BCUT2D eigenvalue weighted by Crippen LogP contribution is -2.03. The van der Waals surface area contributed by atoms with Crippen LogP contribution in [0.3, 0.4) is 0 Å². The fourth-order valence-corrected chi connectivity index (χ4v) is 2.24. The monoisotopic (exact) mass is 258 g/mol. The zero-order valence-corrected chi connectivity index (χ0v) is 9.90. The summed E-state index contributed by atoms with van der Waals surface area (Å²) in [5.41, 5.74) is 0.950. The van der Waals surface area contributed by atoms with Crippen molar-refractivity contribution >= 4 is 39.8 Å². The van der Waals surface area contributed by atoms with E-state index in [-0.39, 0.29) is 21.4 Å². The predicted molar refractivity (Wildman–Crippen MR) is 70.4 cm³/mol. The summed E-state index contributed by atoms with van der Waals surface area (Å²) >= 11 is 6.06. The van der Waals surface area contributed by atoms with Crippen molar-refractivity contribution < 1.29 is 9.21 Å². The minimum atomic E-state index is -0.222. The summed E-state index contributed by atoms with van der Waals surface area (Å²) in [7, 11) is 0. The Morgan fingerprint density at radius 2 is 1.83 bits per heavy atom. The first kappa shape index (κ1) is 11.0. The van der Waals surface area contributed by atoms with Crippen molar-refractivity contribution in [1.29, 1.82) is 0 Å². The van der Waals surface area contributed by atoms with E-state index < -0.39 is 0 Å². The predicted octanol–water partition coefficient (Wildman–Crippen LogP) is 3.41. The van der Waals surface area contributed by atoms with Crippen molar-refractivity contribution in [3.8, 4) is 0 Å². The fraction of sp³-hybridized carbons (Fsp3) is 0. The van der Waals surface area contributed by atoms with Gasteiger partial charge in [-0.2, -0.15) is 0 Å². The lowest BCUT2D eigenvalue weighted by atomic mass is 10.1. The molecule has 0 spiro atoms. The van der Waals surface area contributed by atoms with E-state index in [2.05, 4.69) is 0 Å². The number of rotatable bonds is 1. The first-order valence-electron chi connectivity index (χ1n) is 5.31. The maximum atomic E-state index is 12.3. The van der Waals surface area contributed by atoms with Crippen molar-refractivity contribution in [3.63, 3.8) is 0 Å². The second-order valence-electron chi connectivity index (χ2n) is 3.89. The molecule has 88 valence electrons. The van der Waals surface area contributed by atoms with Gasteiger partial charge in [0.2, 0.25) is 5.43 Å². The normalized spacial score (nSPS) is 10.9. The maximum absolute atomic E-state index is 12.3. The molecule has 0 unspecified atom stereocenters. The van der Waals surface area contributed by atoms with Crippen LogP contribution in [0.15, 0.2) is 45.6 Å². The Balaban J connectivity index is 2.61. The van der Waals surface area contributed by atoms with E-state index in [1.165, 1.54) is 6.07 Å².